The van der Waals surface area contributed by atoms with Crippen LogP contribution in [-0.2, 0) is 22.7 Å². The fourth-order valence-corrected chi connectivity index (χ4v) is 6.98. The van der Waals surface area contributed by atoms with Gasteiger partial charge in [-0.25, -0.2) is 38.7 Å². The Balaban J connectivity index is 0.000000172. The first-order valence-electron chi connectivity index (χ1n) is 17.9. The molecule has 0 bridgehead atoms. The molecule has 2 fully saturated rings. The number of rotatable bonds is 8. The standard InChI is InChI=1S/C20H22FN7O.C19H19FN6O/c1-27-4-5-28(10-17(27)20(23)29)9-12-6-13(8-14(21)7-12)15-2-3-16-18(26-15)19(22)25-11-24-16;1-22-19(27)13-8-26(9-13)7-11-4-12(6-14(20)5-11)15-2-3-16-17(25-15)18(21)24-10-23-16/h2-3,6-8,11,17H,4-5,9-10H2,1H3,(H2,23,29)(H2,22,24,25);2-6,10,13H,7-9H2,1H3,(H,22,27)(H2,21,23,24). The average molecular weight is 762 g/mol. The van der Waals surface area contributed by atoms with Crippen LogP contribution < -0.4 is 22.5 Å². The molecule has 17 heteroatoms. The van der Waals surface area contributed by atoms with Crippen LogP contribution in [0, 0.1) is 17.6 Å². The molecule has 6 heterocycles. The molecule has 1 unspecified atom stereocenters. The van der Waals surface area contributed by atoms with E-state index < -0.39 is 0 Å². The van der Waals surface area contributed by atoms with Crippen molar-refractivity contribution in [3.05, 3.63) is 96.1 Å². The fraction of sp³-hybridized carbons (Fsp3) is 0.282. The van der Waals surface area contributed by atoms with Gasteiger partial charge in [-0.3, -0.25) is 24.3 Å². The Kier molecular flexibility index (Phi) is 11.0. The van der Waals surface area contributed by atoms with Gasteiger partial charge in [-0.05, 0) is 78.8 Å². The summed E-state index contributed by atoms with van der Waals surface area (Å²) in [4.78, 5) is 54.6. The molecule has 0 aliphatic carbocycles. The van der Waals surface area contributed by atoms with Crippen molar-refractivity contribution in [2.75, 3.05) is 58.3 Å². The SMILES string of the molecule is CN1CCN(Cc2cc(F)cc(-c3ccc4ncnc(N)c4n3)c2)CC1C(N)=O.CNC(=O)C1CN(Cc2cc(F)cc(-c3ccc4ncnc(N)c4n3)c2)C1. The first-order valence-corrected chi connectivity index (χ1v) is 17.9. The van der Waals surface area contributed by atoms with Crippen molar-refractivity contribution in [2.45, 2.75) is 19.1 Å². The van der Waals surface area contributed by atoms with Crippen molar-refractivity contribution in [1.29, 1.82) is 0 Å². The zero-order valence-electron chi connectivity index (χ0n) is 30.9. The number of carbonyl (C=O) groups excluding carboxylic acids is 2. The number of amides is 2. The van der Waals surface area contributed by atoms with E-state index in [9.17, 15) is 18.4 Å². The highest BCUT2D eigenvalue weighted by molar-refractivity contribution is 5.87. The quantitative estimate of drug-likeness (QED) is 0.176. The van der Waals surface area contributed by atoms with Crippen molar-refractivity contribution >= 4 is 45.5 Å². The third-order valence-electron chi connectivity index (χ3n) is 9.97. The smallest absolute Gasteiger partial charge is 0.236 e. The van der Waals surface area contributed by atoms with Crippen LogP contribution in [0.25, 0.3) is 44.6 Å². The Morgan fingerprint density at radius 3 is 1.75 bits per heavy atom. The number of primary amides is 1. The van der Waals surface area contributed by atoms with Gasteiger partial charge in [0.05, 0.1) is 28.3 Å². The maximum atomic E-state index is 14.3. The van der Waals surface area contributed by atoms with Gasteiger partial charge in [-0.2, -0.15) is 0 Å². The summed E-state index contributed by atoms with van der Waals surface area (Å²) in [6, 6.07) is 16.5. The van der Waals surface area contributed by atoms with E-state index >= 15 is 0 Å². The van der Waals surface area contributed by atoms with Gasteiger partial charge >= 0.3 is 0 Å². The zero-order chi connectivity index (χ0) is 39.5. The summed E-state index contributed by atoms with van der Waals surface area (Å²) in [6.45, 7) is 4.45. The van der Waals surface area contributed by atoms with E-state index in [1.54, 1.807) is 31.3 Å². The Hall–Kier alpha value is -6.30. The van der Waals surface area contributed by atoms with Crippen LogP contribution in [0.4, 0.5) is 20.4 Å². The molecular formula is C39H41F2N13O2. The number of carbonyl (C=O) groups is 2. The predicted octanol–water partition coefficient (Wildman–Crippen LogP) is 2.61. The first kappa shape index (κ1) is 38.0. The lowest BCUT2D eigenvalue weighted by atomic mass is 9.97. The van der Waals surface area contributed by atoms with E-state index in [0.717, 1.165) is 24.2 Å². The van der Waals surface area contributed by atoms with Gasteiger partial charge in [0.1, 0.15) is 41.4 Å². The zero-order valence-corrected chi connectivity index (χ0v) is 30.9. The monoisotopic (exact) mass is 761 g/mol. The van der Waals surface area contributed by atoms with E-state index in [-0.39, 0.29) is 41.2 Å². The van der Waals surface area contributed by atoms with E-state index in [0.29, 0.717) is 83.1 Å². The van der Waals surface area contributed by atoms with Crippen molar-refractivity contribution < 1.29 is 18.4 Å². The maximum Gasteiger partial charge on any atom is 0.236 e. The molecule has 8 rings (SSSR count). The van der Waals surface area contributed by atoms with Gasteiger partial charge in [0.15, 0.2) is 11.6 Å². The lowest BCUT2D eigenvalue weighted by Gasteiger charge is -2.38. The number of likely N-dealkylation sites (N-methyl/N-ethyl adjacent to an activating group) is 1. The van der Waals surface area contributed by atoms with Crippen LogP contribution in [0.3, 0.4) is 0 Å². The minimum Gasteiger partial charge on any atom is -0.382 e. The summed E-state index contributed by atoms with van der Waals surface area (Å²) in [5.74, 6) is -0.401. The number of benzene rings is 2. The summed E-state index contributed by atoms with van der Waals surface area (Å²) in [5, 5.41) is 2.66. The van der Waals surface area contributed by atoms with Gasteiger partial charge in [-0.15, -0.1) is 0 Å². The number of nitrogen functional groups attached to an aromatic ring is 2. The average Bonchev–Trinajstić information content (AvgIpc) is 3.16. The van der Waals surface area contributed by atoms with Crippen LogP contribution in [-0.4, -0.2) is 109 Å². The second-order valence-electron chi connectivity index (χ2n) is 14.0. The number of pyridine rings is 2. The summed E-state index contributed by atoms with van der Waals surface area (Å²) in [7, 11) is 3.52. The summed E-state index contributed by atoms with van der Waals surface area (Å²) >= 11 is 0. The molecule has 0 saturated carbocycles. The molecule has 2 aromatic carbocycles. The van der Waals surface area contributed by atoms with Crippen LogP contribution >= 0.6 is 0 Å². The Bertz CT molecular complexity index is 2430. The highest BCUT2D eigenvalue weighted by atomic mass is 19.1. The number of aromatic nitrogens is 6. The van der Waals surface area contributed by atoms with Gasteiger partial charge in [-0.1, -0.05) is 0 Å². The highest BCUT2D eigenvalue weighted by Gasteiger charge is 2.32. The largest absolute Gasteiger partial charge is 0.382 e. The number of fused-ring (bicyclic) bond motifs is 2. The van der Waals surface area contributed by atoms with Crippen LogP contribution in [0.1, 0.15) is 11.1 Å². The predicted molar refractivity (Wildman–Crippen MR) is 208 cm³/mol. The third-order valence-corrected chi connectivity index (χ3v) is 9.97. The topological polar surface area (TPSA) is 211 Å². The van der Waals surface area contributed by atoms with Gasteiger partial charge < -0.3 is 22.5 Å². The summed E-state index contributed by atoms with van der Waals surface area (Å²) in [5.41, 5.74) is 23.7. The van der Waals surface area contributed by atoms with Gasteiger partial charge in [0.25, 0.3) is 0 Å². The molecule has 0 spiro atoms. The Morgan fingerprint density at radius 1 is 0.732 bits per heavy atom. The fourth-order valence-electron chi connectivity index (χ4n) is 6.98. The molecule has 288 valence electrons. The van der Waals surface area contributed by atoms with E-state index in [1.165, 1.54) is 36.9 Å². The molecule has 2 amide bonds. The van der Waals surface area contributed by atoms with E-state index in [2.05, 4.69) is 45.0 Å². The van der Waals surface area contributed by atoms with E-state index in [1.807, 2.05) is 24.1 Å². The highest BCUT2D eigenvalue weighted by Crippen LogP contribution is 2.27. The first-order chi connectivity index (χ1) is 26.9. The van der Waals surface area contributed by atoms with Crippen molar-refractivity contribution in [1.82, 2.24) is 49.9 Å². The summed E-state index contributed by atoms with van der Waals surface area (Å²) < 4.78 is 28.5. The minimum atomic E-state index is -0.350. The summed E-state index contributed by atoms with van der Waals surface area (Å²) in [6.07, 6.45) is 2.77. The van der Waals surface area contributed by atoms with Crippen LogP contribution in [0.15, 0.2) is 73.3 Å². The molecule has 1 atom stereocenters. The van der Waals surface area contributed by atoms with Crippen LogP contribution in [0.5, 0.6) is 0 Å². The number of nitrogens with two attached hydrogens (primary N) is 3. The maximum absolute atomic E-state index is 14.3. The van der Waals surface area contributed by atoms with Crippen molar-refractivity contribution in [2.24, 2.45) is 11.7 Å². The Labute approximate surface area is 321 Å². The molecule has 6 aromatic rings. The number of hydrogen-bond donors (Lipinski definition) is 4. The molecule has 7 N–H and O–H groups in total. The van der Waals surface area contributed by atoms with Crippen LogP contribution in [0.2, 0.25) is 0 Å². The van der Waals surface area contributed by atoms with Crippen molar-refractivity contribution in [3.63, 3.8) is 0 Å². The number of nitrogens with one attached hydrogen (secondary N) is 1. The number of piperazine rings is 1. The number of nitrogens with zero attached hydrogens (tertiary/aromatic N) is 9. The molecular weight excluding hydrogens is 721 g/mol. The second-order valence-corrected chi connectivity index (χ2v) is 14.0. The lowest BCUT2D eigenvalue weighted by Crippen LogP contribution is -2.56. The molecule has 2 saturated heterocycles. The minimum absolute atomic E-state index is 0.00755. The lowest BCUT2D eigenvalue weighted by molar-refractivity contribution is -0.130. The van der Waals surface area contributed by atoms with Gasteiger partial charge in [0, 0.05) is 64.0 Å². The molecule has 56 heavy (non-hydrogen) atoms. The molecule has 2 aliphatic rings. The number of hydrogen-bond acceptors (Lipinski definition) is 13. The molecule has 0 radical (unpaired) electrons. The normalized spacial score (nSPS) is 16.6. The van der Waals surface area contributed by atoms with E-state index in [4.69, 9.17) is 17.2 Å². The number of halogens is 2. The molecule has 15 nitrogen and oxygen atoms in total. The Morgan fingerprint density at radius 2 is 1.25 bits per heavy atom. The van der Waals surface area contributed by atoms with Gasteiger partial charge in [0.2, 0.25) is 11.8 Å². The number of likely N-dealkylation sites (tertiary alicyclic amines) is 1. The second kappa shape index (κ2) is 16.2. The van der Waals surface area contributed by atoms with Crippen molar-refractivity contribution in [3.8, 4) is 22.5 Å². The molecule has 4 aromatic heterocycles. The molecule has 2 aliphatic heterocycles. The third kappa shape index (κ3) is 8.49. The number of anilines is 2.